The number of nitrogens with two attached hydrogens (primary N) is 1. The van der Waals surface area contributed by atoms with Crippen LogP contribution in [0.5, 0.6) is 11.5 Å². The second-order valence-corrected chi connectivity index (χ2v) is 4.47. The molecule has 2 rings (SSSR count). The number of amides is 2. The van der Waals surface area contributed by atoms with Crippen molar-refractivity contribution in [3.8, 4) is 11.5 Å². The Bertz CT molecular complexity index is 597. The van der Waals surface area contributed by atoms with Crippen molar-refractivity contribution >= 4 is 6.03 Å². The van der Waals surface area contributed by atoms with E-state index < -0.39 is 6.03 Å². The van der Waals surface area contributed by atoms with Crippen LogP contribution in [0.3, 0.4) is 0 Å². The fourth-order valence-electron chi connectivity index (χ4n) is 1.87. The van der Waals surface area contributed by atoms with Gasteiger partial charge in [-0.25, -0.2) is 4.79 Å². The molecule has 20 heavy (non-hydrogen) atoms. The van der Waals surface area contributed by atoms with Gasteiger partial charge in [0, 0.05) is 6.54 Å². The summed E-state index contributed by atoms with van der Waals surface area (Å²) < 4.78 is 5.82. The van der Waals surface area contributed by atoms with E-state index in [4.69, 9.17) is 10.5 Å². The Labute approximate surface area is 118 Å². The molecule has 0 fully saturated rings. The van der Waals surface area contributed by atoms with Gasteiger partial charge in [-0.2, -0.15) is 0 Å². The number of benzene rings is 2. The van der Waals surface area contributed by atoms with Crippen molar-refractivity contribution in [3.05, 3.63) is 59.7 Å². The summed E-state index contributed by atoms with van der Waals surface area (Å²) in [6.45, 7) is 2.50. The number of hydrogen-bond acceptors (Lipinski definition) is 2. The van der Waals surface area contributed by atoms with E-state index in [0.29, 0.717) is 6.54 Å². The highest BCUT2D eigenvalue weighted by Gasteiger charge is 2.01. The number of primary amides is 1. The normalized spacial score (nSPS) is 10.1. The van der Waals surface area contributed by atoms with Gasteiger partial charge in [-0.15, -0.1) is 0 Å². The van der Waals surface area contributed by atoms with Crippen molar-refractivity contribution in [2.45, 2.75) is 19.9 Å². The van der Waals surface area contributed by atoms with Crippen LogP contribution in [0.1, 0.15) is 18.1 Å². The molecule has 0 spiro atoms. The lowest BCUT2D eigenvalue weighted by Gasteiger charge is -2.09. The Kier molecular flexibility index (Phi) is 4.60. The topological polar surface area (TPSA) is 64.3 Å². The van der Waals surface area contributed by atoms with Gasteiger partial charge in [0.15, 0.2) is 0 Å². The second-order valence-electron chi connectivity index (χ2n) is 4.47. The lowest BCUT2D eigenvalue weighted by Crippen LogP contribution is -2.28. The van der Waals surface area contributed by atoms with Crippen LogP contribution >= 0.6 is 0 Å². The molecule has 0 unspecified atom stereocenters. The molecule has 0 aromatic heterocycles. The minimum atomic E-state index is -0.535. The third kappa shape index (κ3) is 4.02. The smallest absolute Gasteiger partial charge is 0.312 e. The molecule has 0 saturated heterocycles. The van der Waals surface area contributed by atoms with Gasteiger partial charge in [-0.05, 0) is 41.8 Å². The van der Waals surface area contributed by atoms with Crippen molar-refractivity contribution < 1.29 is 9.53 Å². The van der Waals surface area contributed by atoms with E-state index >= 15 is 0 Å². The van der Waals surface area contributed by atoms with E-state index in [1.165, 1.54) is 5.56 Å². The molecule has 2 aromatic carbocycles. The lowest BCUT2D eigenvalue weighted by molar-refractivity contribution is 0.248. The molecule has 4 heteroatoms. The summed E-state index contributed by atoms with van der Waals surface area (Å²) in [6.07, 6.45) is 0.972. The molecule has 0 aliphatic rings. The van der Waals surface area contributed by atoms with Crippen molar-refractivity contribution in [2.75, 3.05) is 0 Å². The Hall–Kier alpha value is -2.49. The first-order valence-corrected chi connectivity index (χ1v) is 6.56. The molecule has 0 atom stereocenters. The SMILES string of the molecule is CCc1cccc(Oc2cccc(CNC(N)=O)c2)c1. The fraction of sp³-hybridized carbons (Fsp3) is 0.188. The van der Waals surface area contributed by atoms with E-state index in [9.17, 15) is 4.79 Å². The zero-order chi connectivity index (χ0) is 14.4. The highest BCUT2D eigenvalue weighted by atomic mass is 16.5. The average Bonchev–Trinajstić information content (AvgIpc) is 2.46. The predicted octanol–water partition coefficient (Wildman–Crippen LogP) is 3.21. The van der Waals surface area contributed by atoms with Gasteiger partial charge in [-0.1, -0.05) is 31.2 Å². The first-order valence-electron chi connectivity index (χ1n) is 6.56. The second kappa shape index (κ2) is 6.61. The summed E-state index contributed by atoms with van der Waals surface area (Å²) in [5.41, 5.74) is 7.22. The highest BCUT2D eigenvalue weighted by Crippen LogP contribution is 2.23. The van der Waals surface area contributed by atoms with Crippen molar-refractivity contribution in [1.82, 2.24) is 5.32 Å². The molecule has 3 N–H and O–H groups in total. The third-order valence-corrected chi connectivity index (χ3v) is 2.91. The molecular weight excluding hydrogens is 252 g/mol. The van der Waals surface area contributed by atoms with E-state index in [0.717, 1.165) is 23.5 Å². The van der Waals surface area contributed by atoms with Gasteiger partial charge in [-0.3, -0.25) is 0 Å². The Balaban J connectivity index is 2.08. The highest BCUT2D eigenvalue weighted by molar-refractivity contribution is 5.71. The van der Waals surface area contributed by atoms with E-state index in [-0.39, 0.29) is 0 Å². The molecular formula is C16H18N2O2. The average molecular weight is 270 g/mol. The summed E-state index contributed by atoms with van der Waals surface area (Å²) in [6, 6.07) is 15.0. The van der Waals surface area contributed by atoms with Crippen molar-refractivity contribution in [2.24, 2.45) is 5.73 Å². The number of hydrogen-bond donors (Lipinski definition) is 2. The number of aryl methyl sites for hydroxylation is 1. The maximum atomic E-state index is 10.7. The molecule has 2 aromatic rings. The Morgan fingerprint density at radius 3 is 2.30 bits per heavy atom. The van der Waals surface area contributed by atoms with Crippen LogP contribution in [0, 0.1) is 0 Å². The molecule has 0 radical (unpaired) electrons. The maximum Gasteiger partial charge on any atom is 0.312 e. The standard InChI is InChI=1S/C16H18N2O2/c1-2-12-5-3-7-14(9-12)20-15-8-4-6-13(10-15)11-18-16(17)19/h3-10H,2,11H2,1H3,(H3,17,18,19). The molecule has 104 valence electrons. The number of urea groups is 1. The first kappa shape index (κ1) is 13.9. The number of nitrogens with one attached hydrogen (secondary N) is 1. The summed E-state index contributed by atoms with van der Waals surface area (Å²) in [4.78, 5) is 10.7. The number of ether oxygens (including phenoxy) is 1. The molecule has 0 aliphatic carbocycles. The van der Waals surface area contributed by atoms with Gasteiger partial charge < -0.3 is 15.8 Å². The van der Waals surface area contributed by atoms with Gasteiger partial charge in [0.25, 0.3) is 0 Å². The monoisotopic (exact) mass is 270 g/mol. The Morgan fingerprint density at radius 1 is 1.10 bits per heavy atom. The third-order valence-electron chi connectivity index (χ3n) is 2.91. The first-order chi connectivity index (χ1) is 9.67. The van der Waals surface area contributed by atoms with Crippen LogP contribution in [0.2, 0.25) is 0 Å². The molecule has 4 nitrogen and oxygen atoms in total. The van der Waals surface area contributed by atoms with Gasteiger partial charge in [0.2, 0.25) is 0 Å². The summed E-state index contributed by atoms with van der Waals surface area (Å²) in [5.74, 6) is 1.55. The minimum Gasteiger partial charge on any atom is -0.457 e. The Morgan fingerprint density at radius 2 is 1.70 bits per heavy atom. The largest absolute Gasteiger partial charge is 0.457 e. The zero-order valence-corrected chi connectivity index (χ0v) is 11.4. The number of carbonyl (C=O) groups excluding carboxylic acids is 1. The van der Waals surface area contributed by atoms with E-state index in [1.54, 1.807) is 0 Å². The zero-order valence-electron chi connectivity index (χ0n) is 11.4. The predicted molar refractivity (Wildman–Crippen MR) is 78.8 cm³/mol. The lowest BCUT2D eigenvalue weighted by atomic mass is 10.1. The minimum absolute atomic E-state index is 0.390. The van der Waals surface area contributed by atoms with Crippen molar-refractivity contribution in [1.29, 1.82) is 0 Å². The molecule has 0 saturated carbocycles. The maximum absolute atomic E-state index is 10.7. The van der Waals surface area contributed by atoms with Crippen LogP contribution in [0.25, 0.3) is 0 Å². The van der Waals surface area contributed by atoms with Crippen LogP contribution in [0.15, 0.2) is 48.5 Å². The van der Waals surface area contributed by atoms with E-state index in [2.05, 4.69) is 18.3 Å². The summed E-state index contributed by atoms with van der Waals surface area (Å²) in [7, 11) is 0. The van der Waals surface area contributed by atoms with E-state index in [1.807, 2.05) is 42.5 Å². The quantitative estimate of drug-likeness (QED) is 0.876. The fourth-order valence-corrected chi connectivity index (χ4v) is 1.87. The molecule has 0 heterocycles. The molecule has 2 amide bonds. The van der Waals surface area contributed by atoms with Crippen LogP contribution < -0.4 is 15.8 Å². The van der Waals surface area contributed by atoms with Gasteiger partial charge in [0.1, 0.15) is 11.5 Å². The van der Waals surface area contributed by atoms with Crippen LogP contribution in [-0.2, 0) is 13.0 Å². The van der Waals surface area contributed by atoms with Crippen LogP contribution in [-0.4, -0.2) is 6.03 Å². The number of carbonyl (C=O) groups is 1. The van der Waals surface area contributed by atoms with Gasteiger partial charge in [0.05, 0.1) is 0 Å². The number of rotatable bonds is 5. The van der Waals surface area contributed by atoms with Gasteiger partial charge >= 0.3 is 6.03 Å². The summed E-state index contributed by atoms with van der Waals surface area (Å²) >= 11 is 0. The molecule has 0 aliphatic heterocycles. The van der Waals surface area contributed by atoms with Crippen LogP contribution in [0.4, 0.5) is 4.79 Å². The molecule has 0 bridgehead atoms. The van der Waals surface area contributed by atoms with Crippen molar-refractivity contribution in [3.63, 3.8) is 0 Å². The summed E-state index contributed by atoms with van der Waals surface area (Å²) in [5, 5.41) is 2.55.